The van der Waals surface area contributed by atoms with Crippen LogP contribution in [0.5, 0.6) is 0 Å². The number of benzene rings is 1. The summed E-state index contributed by atoms with van der Waals surface area (Å²) < 4.78 is 0. The minimum absolute atomic E-state index is 0.0869. The molecule has 1 heterocycles. The largest absolute Gasteiger partial charge is 0.394 e. The molecule has 2 aromatic rings. The second kappa shape index (κ2) is 8.20. The molecule has 0 aliphatic rings. The summed E-state index contributed by atoms with van der Waals surface area (Å²) in [5.74, 6) is 0. The smallest absolute Gasteiger partial charge is 0.270 e. The van der Waals surface area contributed by atoms with Crippen LogP contribution in [-0.2, 0) is 4.79 Å². The summed E-state index contributed by atoms with van der Waals surface area (Å²) in [6, 6.07) is 6.54. The third-order valence-electron chi connectivity index (χ3n) is 2.82. The van der Waals surface area contributed by atoms with Gasteiger partial charge in [0.25, 0.3) is 5.69 Å². The molecule has 0 amide bonds. The molecule has 0 saturated heterocycles. The zero-order chi connectivity index (χ0) is 16.7. The van der Waals surface area contributed by atoms with E-state index >= 15 is 0 Å². The van der Waals surface area contributed by atoms with Crippen LogP contribution in [0, 0.1) is 10.1 Å². The van der Waals surface area contributed by atoms with Crippen molar-refractivity contribution in [3.8, 4) is 0 Å². The molecular weight excluding hydrogens is 296 g/mol. The van der Waals surface area contributed by atoms with E-state index in [1.807, 2.05) is 6.07 Å². The van der Waals surface area contributed by atoms with E-state index in [4.69, 9.17) is 20.4 Å². The van der Waals surface area contributed by atoms with Crippen molar-refractivity contribution in [2.24, 2.45) is 0 Å². The molecule has 5 N–H and O–H groups in total. The SMILES string of the molecule is O=C[C@H](O)[C@H](O)[C@H](O)CO.O=[N+]([O-])c1ccc2[nH]ccc2c1. The van der Waals surface area contributed by atoms with Gasteiger partial charge in [0, 0.05) is 29.2 Å². The van der Waals surface area contributed by atoms with Gasteiger partial charge in [0.05, 0.1) is 11.5 Å². The highest BCUT2D eigenvalue weighted by atomic mass is 16.6. The number of nitro groups is 1. The molecule has 0 fully saturated rings. The number of carbonyl (C=O) groups excluding carboxylic acids is 1. The zero-order valence-electron chi connectivity index (χ0n) is 11.4. The lowest BCUT2D eigenvalue weighted by Gasteiger charge is -2.16. The number of aliphatic hydroxyl groups is 4. The molecule has 120 valence electrons. The molecule has 9 heteroatoms. The van der Waals surface area contributed by atoms with E-state index in [1.165, 1.54) is 6.07 Å². The average Bonchev–Trinajstić information content (AvgIpc) is 3.00. The van der Waals surface area contributed by atoms with Crippen LogP contribution < -0.4 is 0 Å². The number of aromatic nitrogens is 1. The first-order valence-electron chi connectivity index (χ1n) is 6.22. The maximum Gasteiger partial charge on any atom is 0.270 e. The van der Waals surface area contributed by atoms with Crippen LogP contribution >= 0.6 is 0 Å². The molecule has 3 atom stereocenters. The Balaban J connectivity index is 0.000000225. The molecular formula is C13H16N2O7. The number of rotatable bonds is 5. The van der Waals surface area contributed by atoms with Crippen molar-refractivity contribution in [2.75, 3.05) is 6.61 Å². The Hall–Kier alpha value is -2.33. The Morgan fingerprint density at radius 3 is 2.50 bits per heavy atom. The summed E-state index contributed by atoms with van der Waals surface area (Å²) in [6.45, 7) is -0.688. The normalized spacial score (nSPS) is 14.5. The van der Waals surface area contributed by atoms with Gasteiger partial charge in [0.1, 0.15) is 18.3 Å². The molecule has 1 aromatic carbocycles. The summed E-state index contributed by atoms with van der Waals surface area (Å²) >= 11 is 0. The van der Waals surface area contributed by atoms with Crippen molar-refractivity contribution >= 4 is 22.9 Å². The third kappa shape index (κ3) is 4.60. The zero-order valence-corrected chi connectivity index (χ0v) is 11.4. The Bertz CT molecular complexity index is 628. The van der Waals surface area contributed by atoms with E-state index in [1.54, 1.807) is 18.3 Å². The monoisotopic (exact) mass is 312 g/mol. The number of non-ortho nitro benzene ring substituents is 1. The summed E-state index contributed by atoms with van der Waals surface area (Å²) in [7, 11) is 0. The second-order valence-electron chi connectivity index (χ2n) is 4.37. The van der Waals surface area contributed by atoms with Gasteiger partial charge >= 0.3 is 0 Å². The van der Waals surface area contributed by atoms with E-state index in [0.717, 1.165) is 10.9 Å². The minimum Gasteiger partial charge on any atom is -0.394 e. The van der Waals surface area contributed by atoms with Gasteiger partial charge in [-0.05, 0) is 12.1 Å². The molecule has 0 bridgehead atoms. The lowest BCUT2D eigenvalue weighted by Crippen LogP contribution is -2.40. The lowest BCUT2D eigenvalue weighted by molar-refractivity contribution is -0.384. The first kappa shape index (κ1) is 17.7. The van der Waals surface area contributed by atoms with Gasteiger partial charge in [0.2, 0.25) is 0 Å². The fraction of sp³-hybridized carbons (Fsp3) is 0.308. The van der Waals surface area contributed by atoms with Crippen LogP contribution in [-0.4, -0.2) is 61.5 Å². The number of nitrogens with one attached hydrogen (secondary N) is 1. The highest BCUT2D eigenvalue weighted by Gasteiger charge is 2.22. The highest BCUT2D eigenvalue weighted by Crippen LogP contribution is 2.18. The van der Waals surface area contributed by atoms with Crippen molar-refractivity contribution < 1.29 is 30.1 Å². The van der Waals surface area contributed by atoms with Gasteiger partial charge in [-0.1, -0.05) is 0 Å². The van der Waals surface area contributed by atoms with E-state index < -0.39 is 29.8 Å². The van der Waals surface area contributed by atoms with Gasteiger partial charge in [-0.3, -0.25) is 10.1 Å². The highest BCUT2D eigenvalue weighted by molar-refractivity contribution is 5.81. The molecule has 22 heavy (non-hydrogen) atoms. The van der Waals surface area contributed by atoms with Crippen molar-refractivity contribution in [3.05, 3.63) is 40.6 Å². The van der Waals surface area contributed by atoms with Crippen LogP contribution in [0.4, 0.5) is 5.69 Å². The van der Waals surface area contributed by atoms with E-state index in [9.17, 15) is 14.9 Å². The molecule has 9 nitrogen and oxygen atoms in total. The van der Waals surface area contributed by atoms with Gasteiger partial charge in [-0.25, -0.2) is 0 Å². The Kier molecular flexibility index (Phi) is 6.60. The van der Waals surface area contributed by atoms with Gasteiger partial charge in [0.15, 0.2) is 6.29 Å². The van der Waals surface area contributed by atoms with Crippen LogP contribution in [0.25, 0.3) is 10.9 Å². The summed E-state index contributed by atoms with van der Waals surface area (Å²) in [5.41, 5.74) is 1.04. The molecule has 0 saturated carbocycles. The predicted octanol–water partition coefficient (Wildman–Crippen LogP) is -0.664. The van der Waals surface area contributed by atoms with E-state index in [2.05, 4.69) is 4.98 Å². The summed E-state index contributed by atoms with van der Waals surface area (Å²) in [4.78, 5) is 22.7. The molecule has 0 radical (unpaired) electrons. The number of hydrogen-bond acceptors (Lipinski definition) is 7. The first-order chi connectivity index (χ1) is 10.4. The topological polar surface area (TPSA) is 157 Å². The average molecular weight is 312 g/mol. The molecule has 0 aliphatic carbocycles. The van der Waals surface area contributed by atoms with Crippen LogP contribution in [0.15, 0.2) is 30.5 Å². The molecule has 0 unspecified atom stereocenters. The van der Waals surface area contributed by atoms with Crippen LogP contribution in [0.1, 0.15) is 0 Å². The van der Waals surface area contributed by atoms with Crippen LogP contribution in [0.3, 0.4) is 0 Å². The van der Waals surface area contributed by atoms with E-state index in [-0.39, 0.29) is 12.0 Å². The Morgan fingerprint density at radius 1 is 1.27 bits per heavy atom. The van der Waals surface area contributed by atoms with Crippen molar-refractivity contribution in [1.82, 2.24) is 4.98 Å². The fourth-order valence-electron chi connectivity index (χ4n) is 1.57. The number of nitro benzene ring substituents is 1. The maximum absolute atomic E-state index is 10.4. The lowest BCUT2D eigenvalue weighted by atomic mass is 10.1. The first-order valence-corrected chi connectivity index (χ1v) is 6.22. The number of hydrogen-bond donors (Lipinski definition) is 5. The fourth-order valence-corrected chi connectivity index (χ4v) is 1.57. The number of aromatic amines is 1. The third-order valence-corrected chi connectivity index (χ3v) is 2.82. The summed E-state index contributed by atoms with van der Waals surface area (Å²) in [6.07, 6.45) is -2.87. The van der Waals surface area contributed by atoms with Crippen molar-refractivity contribution in [1.29, 1.82) is 0 Å². The maximum atomic E-state index is 10.4. The molecule has 0 aliphatic heterocycles. The standard InChI is InChI=1S/C8H6N2O2.C5H10O5/c11-10(12)7-1-2-8-6(5-7)3-4-9-8;6-1-3(8)5(10)4(9)2-7/h1-5,9H;1,3-5,7-10H,2H2/t;3-,4+,5-/m.0/s1. The molecule has 2 rings (SSSR count). The van der Waals surface area contributed by atoms with Gasteiger partial charge in [-0.2, -0.15) is 0 Å². The number of aliphatic hydroxyl groups excluding tert-OH is 4. The Labute approximate surface area is 124 Å². The molecule has 1 aromatic heterocycles. The minimum atomic E-state index is -1.64. The van der Waals surface area contributed by atoms with Gasteiger partial charge < -0.3 is 30.2 Å². The van der Waals surface area contributed by atoms with Crippen molar-refractivity contribution in [3.63, 3.8) is 0 Å². The number of aldehydes is 1. The Morgan fingerprint density at radius 2 is 1.95 bits per heavy atom. The predicted molar refractivity (Wildman–Crippen MR) is 76.1 cm³/mol. The summed E-state index contributed by atoms with van der Waals surface area (Å²) in [5, 5.41) is 45.3. The number of H-pyrrole nitrogens is 1. The van der Waals surface area contributed by atoms with Crippen molar-refractivity contribution in [2.45, 2.75) is 18.3 Å². The number of nitrogens with zero attached hydrogens (tertiary/aromatic N) is 1. The number of carbonyl (C=O) groups is 1. The van der Waals surface area contributed by atoms with E-state index in [0.29, 0.717) is 0 Å². The molecule has 0 spiro atoms. The van der Waals surface area contributed by atoms with Crippen LogP contribution in [0.2, 0.25) is 0 Å². The number of fused-ring (bicyclic) bond motifs is 1. The van der Waals surface area contributed by atoms with Gasteiger partial charge in [-0.15, -0.1) is 0 Å². The quantitative estimate of drug-likeness (QED) is 0.278. The second-order valence-corrected chi connectivity index (χ2v) is 4.37.